The number of rotatable bonds is 2. The Bertz CT molecular complexity index is 708. The molecule has 0 radical (unpaired) electrons. The van der Waals surface area contributed by atoms with E-state index in [9.17, 15) is 4.79 Å². The number of aldehydes is 1. The Labute approximate surface area is 104 Å². The molecule has 86 valence electrons. The van der Waals surface area contributed by atoms with Gasteiger partial charge in [-0.05, 0) is 17.7 Å². The molecule has 18 heavy (non-hydrogen) atoms. The van der Waals surface area contributed by atoms with Gasteiger partial charge in [-0.2, -0.15) is 0 Å². The van der Waals surface area contributed by atoms with Crippen LogP contribution in [0.5, 0.6) is 0 Å². The maximum absolute atomic E-state index is 11.0. The third kappa shape index (κ3) is 1.66. The van der Waals surface area contributed by atoms with E-state index in [1.165, 1.54) is 0 Å². The molecule has 0 amide bonds. The summed E-state index contributed by atoms with van der Waals surface area (Å²) in [6.07, 6.45) is 4.19. The van der Waals surface area contributed by atoms with Crippen LogP contribution in [-0.4, -0.2) is 16.3 Å². The van der Waals surface area contributed by atoms with Crippen LogP contribution >= 0.6 is 0 Å². The predicted octanol–water partition coefficient (Wildman–Crippen LogP) is 3.11. The average molecular weight is 234 g/mol. The summed E-state index contributed by atoms with van der Waals surface area (Å²) in [5, 5.41) is 0.786. The van der Waals surface area contributed by atoms with Crippen LogP contribution in [0.1, 0.15) is 10.5 Å². The van der Waals surface area contributed by atoms with Gasteiger partial charge in [-0.15, -0.1) is 0 Å². The molecule has 0 spiro atoms. The van der Waals surface area contributed by atoms with Crippen molar-refractivity contribution in [2.45, 2.75) is 0 Å². The number of fused-ring (bicyclic) bond motifs is 1. The molecule has 0 fully saturated rings. The predicted molar refractivity (Wildman–Crippen MR) is 70.4 cm³/mol. The first-order chi connectivity index (χ1) is 8.90. The Balaban J connectivity index is 2.35. The van der Waals surface area contributed by atoms with E-state index >= 15 is 0 Å². The van der Waals surface area contributed by atoms with E-state index in [1.54, 1.807) is 12.4 Å². The minimum absolute atomic E-state index is 0.429. The summed E-state index contributed by atoms with van der Waals surface area (Å²) in [6.45, 7) is 0. The molecule has 0 aliphatic carbocycles. The molecule has 0 N–H and O–H groups in total. The first kappa shape index (κ1) is 10.6. The second kappa shape index (κ2) is 4.37. The number of benzene rings is 1. The van der Waals surface area contributed by atoms with Gasteiger partial charge in [0, 0.05) is 23.3 Å². The van der Waals surface area contributed by atoms with E-state index in [4.69, 9.17) is 0 Å². The normalized spacial score (nSPS) is 10.4. The zero-order chi connectivity index (χ0) is 12.4. The van der Waals surface area contributed by atoms with Crippen LogP contribution in [0.3, 0.4) is 0 Å². The summed E-state index contributed by atoms with van der Waals surface area (Å²) in [6, 6.07) is 13.6. The van der Waals surface area contributed by atoms with E-state index in [0.717, 1.165) is 28.3 Å². The molecule has 0 atom stereocenters. The number of hydrogen-bond donors (Lipinski definition) is 0. The van der Waals surface area contributed by atoms with Crippen LogP contribution in [0.25, 0.3) is 22.0 Å². The molecule has 3 nitrogen and oxygen atoms in total. The molecule has 1 aromatic carbocycles. The maximum atomic E-state index is 11.0. The lowest BCUT2D eigenvalue weighted by atomic mass is 10.0. The van der Waals surface area contributed by atoms with E-state index < -0.39 is 0 Å². The number of nitrogens with zero attached hydrogens (tertiary/aromatic N) is 2. The highest BCUT2D eigenvalue weighted by atomic mass is 16.1. The summed E-state index contributed by atoms with van der Waals surface area (Å²) >= 11 is 0. The average Bonchev–Trinajstić information content (AvgIpc) is 2.47. The fourth-order valence-electron chi connectivity index (χ4n) is 2.01. The Morgan fingerprint density at radius 3 is 2.56 bits per heavy atom. The van der Waals surface area contributed by atoms with Crippen molar-refractivity contribution in [1.29, 1.82) is 0 Å². The molecule has 0 bridgehead atoms. The van der Waals surface area contributed by atoms with Gasteiger partial charge in [0.15, 0.2) is 6.29 Å². The summed E-state index contributed by atoms with van der Waals surface area (Å²) in [5.74, 6) is 0. The van der Waals surface area contributed by atoms with Gasteiger partial charge < -0.3 is 0 Å². The van der Waals surface area contributed by atoms with E-state index in [1.807, 2.05) is 42.5 Å². The second-order valence-electron chi connectivity index (χ2n) is 3.94. The third-order valence-electron chi connectivity index (χ3n) is 2.87. The highest BCUT2D eigenvalue weighted by Crippen LogP contribution is 2.26. The molecule has 3 rings (SSSR count). The van der Waals surface area contributed by atoms with Crippen LogP contribution in [0, 0.1) is 0 Å². The fraction of sp³-hybridized carbons (Fsp3) is 0. The number of carbonyl (C=O) groups excluding carboxylic acids is 1. The van der Waals surface area contributed by atoms with Crippen LogP contribution in [0.2, 0.25) is 0 Å². The third-order valence-corrected chi connectivity index (χ3v) is 2.87. The van der Waals surface area contributed by atoms with Crippen LogP contribution in [0.15, 0.2) is 54.9 Å². The Morgan fingerprint density at radius 1 is 0.944 bits per heavy atom. The van der Waals surface area contributed by atoms with Gasteiger partial charge in [0.05, 0.1) is 5.52 Å². The Hall–Kier alpha value is -2.55. The van der Waals surface area contributed by atoms with Crippen molar-refractivity contribution >= 4 is 17.2 Å². The van der Waals surface area contributed by atoms with Crippen molar-refractivity contribution in [2.75, 3.05) is 0 Å². The Morgan fingerprint density at radius 2 is 1.78 bits per heavy atom. The molecule has 3 aromatic rings. The smallest absolute Gasteiger partial charge is 0.169 e. The highest BCUT2D eigenvalue weighted by molar-refractivity contribution is 6.01. The van der Waals surface area contributed by atoms with Gasteiger partial charge in [-0.1, -0.05) is 30.3 Å². The number of pyridine rings is 2. The molecule has 2 heterocycles. The fourth-order valence-corrected chi connectivity index (χ4v) is 2.01. The maximum Gasteiger partial charge on any atom is 0.169 e. The largest absolute Gasteiger partial charge is 0.296 e. The molecule has 0 saturated heterocycles. The van der Waals surface area contributed by atoms with Gasteiger partial charge in [-0.3, -0.25) is 14.8 Å². The van der Waals surface area contributed by atoms with E-state index in [-0.39, 0.29) is 0 Å². The van der Waals surface area contributed by atoms with Crippen LogP contribution in [0.4, 0.5) is 0 Å². The van der Waals surface area contributed by atoms with Gasteiger partial charge in [0.2, 0.25) is 0 Å². The second-order valence-corrected chi connectivity index (χ2v) is 3.94. The topological polar surface area (TPSA) is 42.9 Å². The van der Waals surface area contributed by atoms with Crippen LogP contribution in [-0.2, 0) is 0 Å². The van der Waals surface area contributed by atoms with E-state index in [2.05, 4.69) is 9.97 Å². The molecule has 0 saturated carbocycles. The van der Waals surface area contributed by atoms with Crippen molar-refractivity contribution in [2.24, 2.45) is 0 Å². The van der Waals surface area contributed by atoms with E-state index in [0.29, 0.717) is 5.69 Å². The lowest BCUT2D eigenvalue weighted by Crippen LogP contribution is -1.93. The van der Waals surface area contributed by atoms with Crippen molar-refractivity contribution in [3.63, 3.8) is 0 Å². The molecular weight excluding hydrogens is 224 g/mol. The summed E-state index contributed by atoms with van der Waals surface area (Å²) < 4.78 is 0. The molecule has 0 unspecified atom stereocenters. The lowest BCUT2D eigenvalue weighted by Gasteiger charge is -2.06. The number of hydrogen-bond acceptors (Lipinski definition) is 3. The standard InChI is InChI=1S/C15H10N2O/c18-10-14-12-7-4-8-16-15(12)13(9-17-14)11-5-2-1-3-6-11/h1-10H. The SMILES string of the molecule is O=Cc1ncc(-c2ccccc2)c2ncccc12. The minimum Gasteiger partial charge on any atom is -0.296 e. The van der Waals surface area contributed by atoms with Crippen molar-refractivity contribution < 1.29 is 4.79 Å². The van der Waals surface area contributed by atoms with Crippen molar-refractivity contribution in [1.82, 2.24) is 9.97 Å². The lowest BCUT2D eigenvalue weighted by molar-refractivity contribution is 0.112. The summed E-state index contributed by atoms with van der Waals surface area (Å²) in [5.41, 5.74) is 3.22. The molecule has 0 aliphatic heterocycles. The zero-order valence-corrected chi connectivity index (χ0v) is 9.58. The minimum atomic E-state index is 0.429. The molecule has 2 aromatic heterocycles. The number of carbonyl (C=O) groups is 1. The van der Waals surface area contributed by atoms with Crippen molar-refractivity contribution in [3.05, 3.63) is 60.6 Å². The molecule has 0 aliphatic rings. The number of aromatic nitrogens is 2. The quantitative estimate of drug-likeness (QED) is 0.640. The van der Waals surface area contributed by atoms with Crippen LogP contribution < -0.4 is 0 Å². The van der Waals surface area contributed by atoms with Gasteiger partial charge >= 0.3 is 0 Å². The molecular formula is C15H10N2O. The van der Waals surface area contributed by atoms with Gasteiger partial charge in [0.25, 0.3) is 0 Å². The molecule has 3 heteroatoms. The Kier molecular flexibility index (Phi) is 2.57. The van der Waals surface area contributed by atoms with Gasteiger partial charge in [-0.25, -0.2) is 0 Å². The summed E-state index contributed by atoms with van der Waals surface area (Å²) in [7, 11) is 0. The first-order valence-corrected chi connectivity index (χ1v) is 5.64. The van der Waals surface area contributed by atoms with Gasteiger partial charge in [0.1, 0.15) is 5.69 Å². The highest BCUT2D eigenvalue weighted by Gasteiger charge is 2.08. The first-order valence-electron chi connectivity index (χ1n) is 5.64. The van der Waals surface area contributed by atoms with Crippen molar-refractivity contribution in [3.8, 4) is 11.1 Å². The summed E-state index contributed by atoms with van der Waals surface area (Å²) in [4.78, 5) is 19.5. The monoisotopic (exact) mass is 234 g/mol. The zero-order valence-electron chi connectivity index (χ0n) is 9.58.